The van der Waals surface area contributed by atoms with Gasteiger partial charge in [0.05, 0.1) is 0 Å². The van der Waals surface area contributed by atoms with Crippen molar-refractivity contribution in [2.24, 2.45) is 5.92 Å². The maximum atomic E-state index is 14.3. The summed E-state index contributed by atoms with van der Waals surface area (Å²) in [7, 11) is 0. The Kier molecular flexibility index (Phi) is 10.8. The molecule has 0 aromatic heterocycles. The predicted octanol–water partition coefficient (Wildman–Crippen LogP) is 6.40. The van der Waals surface area contributed by atoms with E-state index >= 15 is 0 Å². The van der Waals surface area contributed by atoms with Crippen LogP contribution in [0.5, 0.6) is 0 Å². The number of amides is 3. The Labute approximate surface area is 299 Å². The lowest BCUT2D eigenvalue weighted by atomic mass is 9.96. The van der Waals surface area contributed by atoms with Gasteiger partial charge in [-0.05, 0) is 59.1 Å². The summed E-state index contributed by atoms with van der Waals surface area (Å²) in [6.45, 7) is 5.96. The summed E-state index contributed by atoms with van der Waals surface area (Å²) in [5.74, 6) is -1.45. The second-order valence-electron chi connectivity index (χ2n) is 13.8. The van der Waals surface area contributed by atoms with Crippen LogP contribution in [0.3, 0.4) is 0 Å². The first kappa shape index (κ1) is 35.4. The van der Waals surface area contributed by atoms with Crippen LogP contribution in [-0.4, -0.2) is 59.6 Å². The number of carbonyl (C=O) groups excluding carboxylic acids is 4. The van der Waals surface area contributed by atoms with E-state index in [1.165, 1.54) is 4.90 Å². The van der Waals surface area contributed by atoms with Crippen LogP contribution >= 0.6 is 0 Å². The Morgan fingerprint density at radius 3 is 1.98 bits per heavy atom. The molecule has 9 nitrogen and oxygen atoms in total. The summed E-state index contributed by atoms with van der Waals surface area (Å²) in [5.41, 5.74) is 4.72. The van der Waals surface area contributed by atoms with Gasteiger partial charge in [-0.25, -0.2) is 9.59 Å². The zero-order valence-electron chi connectivity index (χ0n) is 29.3. The van der Waals surface area contributed by atoms with Crippen LogP contribution in [0.4, 0.5) is 4.79 Å². The number of likely N-dealkylation sites (tertiary alicyclic amines) is 1. The Bertz CT molecular complexity index is 1820. The number of ether oxygens (including phenoxy) is 2. The first-order valence-corrected chi connectivity index (χ1v) is 17.7. The zero-order chi connectivity index (χ0) is 36.0. The van der Waals surface area contributed by atoms with Gasteiger partial charge in [-0.1, -0.05) is 123 Å². The minimum atomic E-state index is -1.38. The molecular weight excluding hydrogens is 642 g/mol. The quantitative estimate of drug-likeness (QED) is 0.167. The van der Waals surface area contributed by atoms with Crippen LogP contribution in [-0.2, 0) is 36.9 Å². The van der Waals surface area contributed by atoms with Crippen molar-refractivity contribution in [1.82, 2.24) is 15.5 Å². The first-order valence-electron chi connectivity index (χ1n) is 17.7. The van der Waals surface area contributed by atoms with Crippen molar-refractivity contribution in [3.05, 3.63) is 131 Å². The molecule has 1 aliphatic heterocycles. The van der Waals surface area contributed by atoms with Crippen LogP contribution in [0, 0.1) is 5.92 Å². The monoisotopic (exact) mass is 687 g/mol. The molecule has 0 saturated carbocycles. The lowest BCUT2D eigenvalue weighted by Gasteiger charge is -2.33. The molecule has 0 radical (unpaired) electrons. The number of alkyl carbamates (subject to hydrolysis) is 1. The molecule has 1 heterocycles. The normalized spacial score (nSPS) is 18.1. The maximum absolute atomic E-state index is 14.3. The zero-order valence-corrected chi connectivity index (χ0v) is 29.3. The van der Waals surface area contributed by atoms with Gasteiger partial charge in [-0.2, -0.15) is 0 Å². The van der Waals surface area contributed by atoms with Crippen molar-refractivity contribution in [3.63, 3.8) is 0 Å². The highest BCUT2D eigenvalue weighted by molar-refractivity contribution is 5.95. The van der Waals surface area contributed by atoms with Crippen molar-refractivity contribution in [2.45, 2.75) is 70.2 Å². The van der Waals surface area contributed by atoms with Gasteiger partial charge in [0.1, 0.15) is 30.8 Å². The molecule has 2 aliphatic rings. The highest BCUT2D eigenvalue weighted by Gasteiger charge is 2.43. The highest BCUT2D eigenvalue weighted by atomic mass is 16.5. The standard InChI is InChI=1S/C42H45N3O6/c1-4-42(3,44-41(49)51-27-35-33-21-13-11-19-31(33)32-20-12-14-22-34(32)35)40(48)43-36(24-29-15-7-5-8-16-29)38(46)45-25-28(2)23-37(45)39(47)50-26-30-17-9-6-10-18-30/h5-22,28,35-37H,4,23-27H2,1-3H3,(H,43,48)(H,44,49)/t28-,36-,37+,42-/m0/s1. The lowest BCUT2D eigenvalue weighted by molar-refractivity contribution is -0.155. The van der Waals surface area contributed by atoms with Crippen molar-refractivity contribution >= 4 is 23.9 Å². The number of rotatable bonds is 12. The van der Waals surface area contributed by atoms with Crippen molar-refractivity contribution in [2.75, 3.05) is 13.2 Å². The number of hydrogen-bond donors (Lipinski definition) is 2. The molecule has 0 bridgehead atoms. The summed E-state index contributed by atoms with van der Waals surface area (Å²) in [4.78, 5) is 56.5. The van der Waals surface area contributed by atoms with Crippen LogP contribution in [0.2, 0.25) is 0 Å². The van der Waals surface area contributed by atoms with Gasteiger partial charge in [-0.3, -0.25) is 9.59 Å². The second kappa shape index (κ2) is 15.6. The molecule has 0 unspecified atom stereocenters. The van der Waals surface area contributed by atoms with Gasteiger partial charge >= 0.3 is 12.1 Å². The third-order valence-corrected chi connectivity index (χ3v) is 10.1. The minimum absolute atomic E-state index is 0.0624. The number of carbonyl (C=O) groups is 4. The van der Waals surface area contributed by atoms with Crippen LogP contribution < -0.4 is 10.6 Å². The Balaban J connectivity index is 1.14. The average Bonchev–Trinajstić information content (AvgIpc) is 3.71. The fourth-order valence-electron chi connectivity index (χ4n) is 7.07. The third-order valence-electron chi connectivity index (χ3n) is 10.1. The van der Waals surface area contributed by atoms with Gasteiger partial charge in [0, 0.05) is 18.9 Å². The number of fused-ring (bicyclic) bond motifs is 3. The van der Waals surface area contributed by atoms with E-state index in [1.807, 2.05) is 104 Å². The molecule has 1 saturated heterocycles. The lowest BCUT2D eigenvalue weighted by Crippen LogP contribution is -2.61. The van der Waals surface area contributed by atoms with Crippen LogP contribution in [0.15, 0.2) is 109 Å². The van der Waals surface area contributed by atoms with E-state index < -0.39 is 35.6 Å². The first-order chi connectivity index (χ1) is 24.7. The van der Waals surface area contributed by atoms with Gasteiger partial charge in [0.15, 0.2) is 0 Å². The minimum Gasteiger partial charge on any atom is -0.459 e. The molecule has 9 heteroatoms. The summed E-state index contributed by atoms with van der Waals surface area (Å²) >= 11 is 0. The number of esters is 1. The average molecular weight is 688 g/mol. The molecule has 1 aliphatic carbocycles. The fourth-order valence-corrected chi connectivity index (χ4v) is 7.07. The van der Waals surface area contributed by atoms with Crippen molar-refractivity contribution < 1.29 is 28.7 Å². The highest BCUT2D eigenvalue weighted by Crippen LogP contribution is 2.44. The number of hydrogen-bond acceptors (Lipinski definition) is 6. The number of nitrogens with one attached hydrogen (secondary N) is 2. The molecular formula is C42H45N3O6. The second-order valence-corrected chi connectivity index (χ2v) is 13.8. The topological polar surface area (TPSA) is 114 Å². The van der Waals surface area contributed by atoms with E-state index in [-0.39, 0.29) is 43.8 Å². The van der Waals surface area contributed by atoms with Crippen LogP contribution in [0.25, 0.3) is 11.1 Å². The van der Waals surface area contributed by atoms with E-state index in [9.17, 15) is 19.2 Å². The summed E-state index contributed by atoms with van der Waals surface area (Å²) in [6, 6.07) is 33.2. The Morgan fingerprint density at radius 1 is 0.804 bits per heavy atom. The Hall–Kier alpha value is -5.44. The molecule has 2 N–H and O–H groups in total. The largest absolute Gasteiger partial charge is 0.459 e. The van der Waals surface area contributed by atoms with Crippen molar-refractivity contribution in [1.29, 1.82) is 0 Å². The maximum Gasteiger partial charge on any atom is 0.408 e. The molecule has 4 aromatic rings. The molecule has 264 valence electrons. The molecule has 0 spiro atoms. The molecule has 4 aromatic carbocycles. The molecule has 4 atom stereocenters. The predicted molar refractivity (Wildman–Crippen MR) is 194 cm³/mol. The summed E-state index contributed by atoms with van der Waals surface area (Å²) in [6.07, 6.45) is 0.176. The van der Waals surface area contributed by atoms with E-state index in [2.05, 4.69) is 22.8 Å². The molecule has 3 amide bonds. The van der Waals surface area contributed by atoms with E-state index in [4.69, 9.17) is 9.47 Å². The van der Waals surface area contributed by atoms with Gasteiger partial charge in [0.25, 0.3) is 0 Å². The van der Waals surface area contributed by atoms with E-state index in [1.54, 1.807) is 13.8 Å². The van der Waals surface area contributed by atoms with Gasteiger partial charge in [0.2, 0.25) is 11.8 Å². The van der Waals surface area contributed by atoms with Gasteiger partial charge < -0.3 is 25.0 Å². The number of benzene rings is 4. The smallest absolute Gasteiger partial charge is 0.408 e. The van der Waals surface area contributed by atoms with Crippen LogP contribution in [0.1, 0.15) is 61.8 Å². The summed E-state index contributed by atoms with van der Waals surface area (Å²) in [5, 5.41) is 5.73. The third kappa shape index (κ3) is 7.98. The number of nitrogens with zero attached hydrogens (tertiary/aromatic N) is 1. The SMILES string of the molecule is CC[C@](C)(NC(=O)OCC1c2ccccc2-c2ccccc21)C(=O)N[C@@H](Cc1ccccc1)C(=O)N1C[C@@H](C)C[C@@H]1C(=O)OCc1ccccc1. The van der Waals surface area contributed by atoms with Crippen molar-refractivity contribution in [3.8, 4) is 11.1 Å². The summed E-state index contributed by atoms with van der Waals surface area (Å²) < 4.78 is 11.4. The molecule has 6 rings (SSSR count). The molecule has 1 fully saturated rings. The fraction of sp³-hybridized carbons (Fsp3) is 0.333. The van der Waals surface area contributed by atoms with E-state index in [0.717, 1.165) is 33.4 Å². The Morgan fingerprint density at radius 2 is 1.37 bits per heavy atom. The van der Waals surface area contributed by atoms with Gasteiger partial charge in [-0.15, -0.1) is 0 Å². The van der Waals surface area contributed by atoms with E-state index in [0.29, 0.717) is 13.0 Å². The molecule has 51 heavy (non-hydrogen) atoms.